The molecular weight excluding hydrogens is 359 g/mol. The van der Waals surface area contributed by atoms with Gasteiger partial charge in [0.1, 0.15) is 18.5 Å². The van der Waals surface area contributed by atoms with Gasteiger partial charge in [-0.2, -0.15) is 13.2 Å². The molecule has 1 aliphatic heterocycles. The van der Waals surface area contributed by atoms with Gasteiger partial charge in [-0.3, -0.25) is 4.72 Å². The number of nitrogens with one attached hydrogen (secondary N) is 1. The highest BCUT2D eigenvalue weighted by atomic mass is 32.2. The third kappa shape index (κ3) is 4.43. The van der Waals surface area contributed by atoms with Gasteiger partial charge in [-0.05, 0) is 30.3 Å². The lowest BCUT2D eigenvalue weighted by Crippen LogP contribution is -2.17. The number of hydrogen-bond donors (Lipinski definition) is 1. The molecule has 0 spiro atoms. The van der Waals surface area contributed by atoms with E-state index >= 15 is 0 Å². The molecule has 1 heterocycles. The Morgan fingerprint density at radius 1 is 1.16 bits per heavy atom. The molecule has 5 nitrogen and oxygen atoms in total. The van der Waals surface area contributed by atoms with Crippen molar-refractivity contribution in [1.82, 2.24) is 0 Å². The predicted molar refractivity (Wildman–Crippen MR) is 83.9 cm³/mol. The molecule has 3 rings (SSSR count). The SMILES string of the molecule is O=S(=O)(Nc1ccc(OCC2CO2)cc1C(F)(F)F)c1ccccc1. The van der Waals surface area contributed by atoms with Gasteiger partial charge in [-0.15, -0.1) is 0 Å². The Hall–Kier alpha value is -2.26. The number of sulfonamides is 1. The summed E-state index contributed by atoms with van der Waals surface area (Å²) in [4.78, 5) is -0.130. The fourth-order valence-electron chi connectivity index (χ4n) is 2.09. The van der Waals surface area contributed by atoms with Crippen LogP contribution < -0.4 is 9.46 Å². The van der Waals surface area contributed by atoms with Crippen LogP contribution in [0.4, 0.5) is 18.9 Å². The van der Waals surface area contributed by atoms with E-state index in [-0.39, 0.29) is 23.4 Å². The molecule has 0 radical (unpaired) electrons. The molecule has 9 heteroatoms. The highest BCUT2D eigenvalue weighted by Crippen LogP contribution is 2.38. The maximum atomic E-state index is 13.3. The molecule has 25 heavy (non-hydrogen) atoms. The summed E-state index contributed by atoms with van der Waals surface area (Å²) in [5.41, 5.74) is -1.69. The minimum absolute atomic E-state index is 0.00881. The van der Waals surface area contributed by atoms with Crippen LogP contribution in [0.15, 0.2) is 53.4 Å². The number of alkyl halides is 3. The van der Waals surface area contributed by atoms with E-state index < -0.39 is 27.5 Å². The standard InChI is InChI=1S/C16H14F3NO4S/c17-16(18,19)14-8-11(23-9-12-10-24-12)6-7-15(14)20-25(21,22)13-4-2-1-3-5-13/h1-8,12,20H,9-10H2. The molecule has 1 atom stereocenters. The fourth-order valence-corrected chi connectivity index (χ4v) is 3.19. The lowest BCUT2D eigenvalue weighted by Gasteiger charge is -2.16. The van der Waals surface area contributed by atoms with E-state index in [1.54, 1.807) is 6.07 Å². The monoisotopic (exact) mass is 373 g/mol. The van der Waals surface area contributed by atoms with Crippen molar-refractivity contribution in [3.8, 4) is 5.75 Å². The van der Waals surface area contributed by atoms with Crippen LogP contribution in [0.25, 0.3) is 0 Å². The molecular formula is C16H14F3NO4S. The first-order valence-corrected chi connectivity index (χ1v) is 8.77. The van der Waals surface area contributed by atoms with Crippen LogP contribution in [0.1, 0.15) is 5.56 Å². The Bertz CT molecular complexity index is 849. The lowest BCUT2D eigenvalue weighted by molar-refractivity contribution is -0.137. The predicted octanol–water partition coefficient (Wildman–Crippen LogP) is 3.28. The first-order chi connectivity index (χ1) is 11.8. The third-order valence-electron chi connectivity index (χ3n) is 3.43. The van der Waals surface area contributed by atoms with Gasteiger partial charge < -0.3 is 9.47 Å². The van der Waals surface area contributed by atoms with Crippen LogP contribution in [0.2, 0.25) is 0 Å². The lowest BCUT2D eigenvalue weighted by atomic mass is 10.1. The molecule has 0 amide bonds. The van der Waals surface area contributed by atoms with Gasteiger partial charge in [-0.1, -0.05) is 18.2 Å². The van der Waals surface area contributed by atoms with Crippen molar-refractivity contribution < 1.29 is 31.1 Å². The van der Waals surface area contributed by atoms with E-state index in [0.29, 0.717) is 6.61 Å². The van der Waals surface area contributed by atoms with E-state index in [4.69, 9.17) is 9.47 Å². The summed E-state index contributed by atoms with van der Waals surface area (Å²) in [6.45, 7) is 0.660. The smallest absolute Gasteiger partial charge is 0.418 e. The van der Waals surface area contributed by atoms with Gasteiger partial charge in [-0.25, -0.2) is 8.42 Å². The van der Waals surface area contributed by atoms with E-state index in [9.17, 15) is 21.6 Å². The average Bonchev–Trinajstić information content (AvgIpc) is 3.38. The zero-order valence-corrected chi connectivity index (χ0v) is 13.6. The molecule has 0 aliphatic carbocycles. The Labute approximate surface area is 142 Å². The minimum atomic E-state index is -4.75. The molecule has 1 aliphatic rings. The van der Waals surface area contributed by atoms with Crippen LogP contribution in [-0.4, -0.2) is 27.7 Å². The number of rotatable bonds is 6. The van der Waals surface area contributed by atoms with Gasteiger partial charge in [0.05, 0.1) is 22.8 Å². The Morgan fingerprint density at radius 2 is 1.84 bits per heavy atom. The van der Waals surface area contributed by atoms with Crippen molar-refractivity contribution in [3.63, 3.8) is 0 Å². The summed E-state index contributed by atoms with van der Waals surface area (Å²) in [7, 11) is -4.14. The molecule has 1 unspecified atom stereocenters. The number of ether oxygens (including phenoxy) is 2. The van der Waals surface area contributed by atoms with E-state index in [2.05, 4.69) is 0 Å². The molecule has 0 bridgehead atoms. The van der Waals surface area contributed by atoms with Gasteiger partial charge in [0.25, 0.3) is 10.0 Å². The normalized spacial score (nSPS) is 17.2. The van der Waals surface area contributed by atoms with Crippen molar-refractivity contribution in [2.75, 3.05) is 17.9 Å². The Kier molecular flexibility index (Phi) is 4.61. The van der Waals surface area contributed by atoms with Crippen molar-refractivity contribution in [1.29, 1.82) is 0 Å². The number of halogens is 3. The number of benzene rings is 2. The van der Waals surface area contributed by atoms with Crippen LogP contribution in [0, 0.1) is 0 Å². The number of hydrogen-bond acceptors (Lipinski definition) is 4. The van der Waals surface area contributed by atoms with Crippen LogP contribution >= 0.6 is 0 Å². The van der Waals surface area contributed by atoms with Gasteiger partial charge in [0, 0.05) is 0 Å². The molecule has 0 saturated carbocycles. The second-order valence-corrected chi connectivity index (χ2v) is 7.07. The quantitative estimate of drug-likeness (QED) is 0.789. The van der Waals surface area contributed by atoms with Crippen LogP contribution in [0.3, 0.4) is 0 Å². The third-order valence-corrected chi connectivity index (χ3v) is 4.81. The summed E-state index contributed by atoms with van der Waals surface area (Å²) in [5.74, 6) is -0.00881. The first-order valence-electron chi connectivity index (χ1n) is 7.29. The molecule has 2 aromatic rings. The van der Waals surface area contributed by atoms with E-state index in [1.807, 2.05) is 4.72 Å². The molecule has 1 fully saturated rings. The molecule has 0 aromatic heterocycles. The molecule has 134 valence electrons. The summed E-state index contributed by atoms with van der Waals surface area (Å²) < 4.78 is 76.6. The van der Waals surface area contributed by atoms with E-state index in [1.165, 1.54) is 30.3 Å². The van der Waals surface area contributed by atoms with E-state index in [0.717, 1.165) is 12.1 Å². The van der Waals surface area contributed by atoms with Gasteiger partial charge in [0.2, 0.25) is 0 Å². The minimum Gasteiger partial charge on any atom is -0.491 e. The molecule has 1 N–H and O–H groups in total. The second-order valence-electron chi connectivity index (χ2n) is 5.39. The highest BCUT2D eigenvalue weighted by molar-refractivity contribution is 7.92. The Morgan fingerprint density at radius 3 is 2.44 bits per heavy atom. The largest absolute Gasteiger partial charge is 0.491 e. The number of epoxide rings is 1. The fraction of sp³-hybridized carbons (Fsp3) is 0.250. The van der Waals surface area contributed by atoms with Crippen molar-refractivity contribution >= 4 is 15.7 Å². The molecule has 1 saturated heterocycles. The van der Waals surface area contributed by atoms with Crippen molar-refractivity contribution in [2.45, 2.75) is 17.2 Å². The maximum Gasteiger partial charge on any atom is 0.418 e. The topological polar surface area (TPSA) is 67.9 Å². The maximum absolute atomic E-state index is 13.3. The van der Waals surface area contributed by atoms with Crippen molar-refractivity contribution in [3.05, 3.63) is 54.1 Å². The number of anilines is 1. The summed E-state index contributed by atoms with van der Waals surface area (Å²) in [6, 6.07) is 10.2. The second kappa shape index (κ2) is 6.57. The zero-order chi connectivity index (χ0) is 18.1. The summed E-state index contributed by atoms with van der Waals surface area (Å²) >= 11 is 0. The summed E-state index contributed by atoms with van der Waals surface area (Å²) in [6.07, 6.45) is -4.85. The zero-order valence-electron chi connectivity index (χ0n) is 12.8. The van der Waals surface area contributed by atoms with Gasteiger partial charge >= 0.3 is 6.18 Å². The summed E-state index contributed by atoms with van der Waals surface area (Å²) in [5, 5.41) is 0. The first kappa shape index (κ1) is 17.6. The average molecular weight is 373 g/mol. The highest BCUT2D eigenvalue weighted by Gasteiger charge is 2.35. The van der Waals surface area contributed by atoms with Crippen LogP contribution in [-0.2, 0) is 20.9 Å². The molecule has 2 aromatic carbocycles. The van der Waals surface area contributed by atoms with Crippen molar-refractivity contribution in [2.24, 2.45) is 0 Å². The van der Waals surface area contributed by atoms with Crippen LogP contribution in [0.5, 0.6) is 5.75 Å². The Balaban J connectivity index is 1.89. The van der Waals surface area contributed by atoms with Gasteiger partial charge in [0.15, 0.2) is 0 Å².